The number of likely N-dealkylation sites (N-methyl/N-ethyl adjacent to an activating group) is 1. The average Bonchev–Trinajstić information content (AvgIpc) is 2.17. The SMILES string of the molecule is CC(C)CN(C)C(=O)[C@H]1CCCCN1. The van der Waals surface area contributed by atoms with E-state index in [1.54, 1.807) is 0 Å². The number of nitrogens with one attached hydrogen (secondary N) is 1. The van der Waals surface area contributed by atoms with Gasteiger partial charge in [-0.25, -0.2) is 0 Å². The zero-order chi connectivity index (χ0) is 10.6. The number of piperidine rings is 1. The van der Waals surface area contributed by atoms with Crippen LogP contribution in [0.15, 0.2) is 0 Å². The van der Waals surface area contributed by atoms with Crippen molar-refractivity contribution >= 4 is 5.91 Å². The molecule has 0 radical (unpaired) electrons. The molecule has 0 bridgehead atoms. The molecule has 3 nitrogen and oxygen atoms in total. The molecule has 0 aromatic carbocycles. The predicted molar refractivity (Wildman–Crippen MR) is 58.1 cm³/mol. The van der Waals surface area contributed by atoms with E-state index in [2.05, 4.69) is 19.2 Å². The number of amides is 1. The Bertz CT molecular complexity index is 186. The van der Waals surface area contributed by atoms with Crippen LogP contribution < -0.4 is 5.32 Å². The van der Waals surface area contributed by atoms with Crippen LogP contribution in [-0.4, -0.2) is 37.0 Å². The number of carbonyl (C=O) groups is 1. The molecule has 1 atom stereocenters. The first-order chi connectivity index (χ1) is 6.61. The van der Waals surface area contributed by atoms with Crippen LogP contribution in [-0.2, 0) is 4.79 Å². The van der Waals surface area contributed by atoms with Crippen molar-refractivity contribution in [2.24, 2.45) is 5.92 Å². The molecule has 0 unspecified atom stereocenters. The smallest absolute Gasteiger partial charge is 0.239 e. The van der Waals surface area contributed by atoms with Crippen molar-refractivity contribution in [1.82, 2.24) is 10.2 Å². The van der Waals surface area contributed by atoms with Gasteiger partial charge in [-0.3, -0.25) is 4.79 Å². The summed E-state index contributed by atoms with van der Waals surface area (Å²) in [7, 11) is 1.90. The Morgan fingerprint density at radius 1 is 1.50 bits per heavy atom. The zero-order valence-corrected chi connectivity index (χ0v) is 9.55. The van der Waals surface area contributed by atoms with Gasteiger partial charge in [-0.2, -0.15) is 0 Å². The Labute approximate surface area is 86.9 Å². The molecule has 0 aromatic heterocycles. The summed E-state index contributed by atoms with van der Waals surface area (Å²) in [6, 6.07) is 0.0764. The highest BCUT2D eigenvalue weighted by atomic mass is 16.2. The molecule has 0 aliphatic carbocycles. The van der Waals surface area contributed by atoms with Gasteiger partial charge in [0.1, 0.15) is 0 Å². The van der Waals surface area contributed by atoms with Gasteiger partial charge in [0, 0.05) is 13.6 Å². The standard InChI is InChI=1S/C11H22N2O/c1-9(2)8-13(3)11(14)10-6-4-5-7-12-10/h9-10,12H,4-8H2,1-3H3/t10-/m1/s1. The predicted octanol–water partition coefficient (Wildman–Crippen LogP) is 1.24. The van der Waals surface area contributed by atoms with Gasteiger partial charge in [0.15, 0.2) is 0 Å². The Balaban J connectivity index is 2.38. The first-order valence-electron chi connectivity index (χ1n) is 5.59. The molecule has 82 valence electrons. The molecule has 14 heavy (non-hydrogen) atoms. The summed E-state index contributed by atoms with van der Waals surface area (Å²) < 4.78 is 0. The van der Waals surface area contributed by atoms with Crippen LogP contribution in [0.3, 0.4) is 0 Å². The molecule has 1 aliphatic heterocycles. The van der Waals surface area contributed by atoms with E-state index in [4.69, 9.17) is 0 Å². The fourth-order valence-electron chi connectivity index (χ4n) is 1.97. The van der Waals surface area contributed by atoms with Crippen LogP contribution in [0.4, 0.5) is 0 Å². The Kier molecular flexibility index (Phi) is 4.39. The van der Waals surface area contributed by atoms with Gasteiger partial charge >= 0.3 is 0 Å². The van der Waals surface area contributed by atoms with Crippen molar-refractivity contribution in [2.75, 3.05) is 20.1 Å². The number of rotatable bonds is 3. The van der Waals surface area contributed by atoms with Crippen LogP contribution in [0.25, 0.3) is 0 Å². The van der Waals surface area contributed by atoms with Gasteiger partial charge in [-0.05, 0) is 25.3 Å². The molecule has 1 rings (SSSR count). The second-order valence-electron chi connectivity index (χ2n) is 4.62. The van der Waals surface area contributed by atoms with E-state index in [0.29, 0.717) is 5.92 Å². The van der Waals surface area contributed by atoms with Crippen LogP contribution in [0.1, 0.15) is 33.1 Å². The topological polar surface area (TPSA) is 32.3 Å². The van der Waals surface area contributed by atoms with E-state index >= 15 is 0 Å². The van der Waals surface area contributed by atoms with Gasteiger partial charge in [0.2, 0.25) is 5.91 Å². The van der Waals surface area contributed by atoms with Crippen molar-refractivity contribution < 1.29 is 4.79 Å². The minimum absolute atomic E-state index is 0.0764. The molecule has 1 saturated heterocycles. The molecule has 1 N–H and O–H groups in total. The first kappa shape index (κ1) is 11.5. The molecule has 1 fully saturated rings. The highest BCUT2D eigenvalue weighted by Gasteiger charge is 2.23. The van der Waals surface area contributed by atoms with Crippen LogP contribution in [0.2, 0.25) is 0 Å². The van der Waals surface area contributed by atoms with Gasteiger partial charge < -0.3 is 10.2 Å². The number of carbonyl (C=O) groups excluding carboxylic acids is 1. The largest absolute Gasteiger partial charge is 0.344 e. The van der Waals surface area contributed by atoms with E-state index in [-0.39, 0.29) is 11.9 Å². The fourth-order valence-corrected chi connectivity index (χ4v) is 1.97. The van der Waals surface area contributed by atoms with E-state index in [9.17, 15) is 4.79 Å². The van der Waals surface area contributed by atoms with Crippen molar-refractivity contribution in [2.45, 2.75) is 39.2 Å². The summed E-state index contributed by atoms with van der Waals surface area (Å²) in [5, 5.41) is 3.28. The third kappa shape index (κ3) is 3.29. The molecule has 0 saturated carbocycles. The number of hydrogen-bond donors (Lipinski definition) is 1. The van der Waals surface area contributed by atoms with Gasteiger partial charge in [-0.15, -0.1) is 0 Å². The van der Waals surface area contributed by atoms with Crippen molar-refractivity contribution in [1.29, 1.82) is 0 Å². The average molecular weight is 198 g/mol. The van der Waals surface area contributed by atoms with Gasteiger partial charge in [0.25, 0.3) is 0 Å². The lowest BCUT2D eigenvalue weighted by Gasteiger charge is -2.28. The zero-order valence-electron chi connectivity index (χ0n) is 9.55. The lowest BCUT2D eigenvalue weighted by molar-refractivity contribution is -0.133. The molecule has 0 aromatic rings. The van der Waals surface area contributed by atoms with Crippen LogP contribution in [0.5, 0.6) is 0 Å². The van der Waals surface area contributed by atoms with E-state index < -0.39 is 0 Å². The van der Waals surface area contributed by atoms with E-state index in [1.807, 2.05) is 11.9 Å². The van der Waals surface area contributed by atoms with E-state index in [1.165, 1.54) is 12.8 Å². The molecule has 3 heteroatoms. The first-order valence-corrected chi connectivity index (χ1v) is 5.59. The van der Waals surface area contributed by atoms with Crippen LogP contribution in [0, 0.1) is 5.92 Å². The monoisotopic (exact) mass is 198 g/mol. The lowest BCUT2D eigenvalue weighted by atomic mass is 10.0. The Morgan fingerprint density at radius 3 is 2.71 bits per heavy atom. The number of nitrogens with zero attached hydrogens (tertiary/aromatic N) is 1. The summed E-state index contributed by atoms with van der Waals surface area (Å²) in [6.45, 7) is 6.12. The highest BCUT2D eigenvalue weighted by molar-refractivity contribution is 5.81. The molecule has 1 amide bonds. The van der Waals surface area contributed by atoms with Crippen molar-refractivity contribution in [3.63, 3.8) is 0 Å². The summed E-state index contributed by atoms with van der Waals surface area (Å²) in [4.78, 5) is 13.8. The van der Waals surface area contributed by atoms with Gasteiger partial charge in [0.05, 0.1) is 6.04 Å². The third-order valence-corrected chi connectivity index (χ3v) is 2.62. The molecular formula is C11H22N2O. The molecular weight excluding hydrogens is 176 g/mol. The normalized spacial score (nSPS) is 22.4. The second kappa shape index (κ2) is 5.35. The minimum atomic E-state index is 0.0764. The Morgan fingerprint density at radius 2 is 2.21 bits per heavy atom. The third-order valence-electron chi connectivity index (χ3n) is 2.62. The quantitative estimate of drug-likeness (QED) is 0.740. The molecule has 0 spiro atoms. The summed E-state index contributed by atoms with van der Waals surface area (Å²) in [6.07, 6.45) is 3.39. The maximum atomic E-state index is 11.9. The summed E-state index contributed by atoms with van der Waals surface area (Å²) in [5.41, 5.74) is 0. The molecule has 1 aliphatic rings. The van der Waals surface area contributed by atoms with Crippen LogP contribution >= 0.6 is 0 Å². The van der Waals surface area contributed by atoms with Crippen molar-refractivity contribution in [3.8, 4) is 0 Å². The minimum Gasteiger partial charge on any atom is -0.344 e. The fraction of sp³-hybridized carbons (Fsp3) is 0.909. The second-order valence-corrected chi connectivity index (χ2v) is 4.62. The maximum Gasteiger partial charge on any atom is 0.239 e. The summed E-state index contributed by atoms with van der Waals surface area (Å²) in [5.74, 6) is 0.811. The number of hydrogen-bond acceptors (Lipinski definition) is 2. The molecule has 1 heterocycles. The Hall–Kier alpha value is -0.570. The van der Waals surface area contributed by atoms with Gasteiger partial charge in [-0.1, -0.05) is 20.3 Å². The summed E-state index contributed by atoms with van der Waals surface area (Å²) >= 11 is 0. The van der Waals surface area contributed by atoms with Crippen molar-refractivity contribution in [3.05, 3.63) is 0 Å². The maximum absolute atomic E-state index is 11.9. The van der Waals surface area contributed by atoms with E-state index in [0.717, 1.165) is 19.5 Å². The highest BCUT2D eigenvalue weighted by Crippen LogP contribution is 2.09. The lowest BCUT2D eigenvalue weighted by Crippen LogP contribution is -2.48.